The fraction of sp³-hybridized carbons (Fsp3) is 0.867. The molecule has 5 nitrogen and oxygen atoms in total. The monoisotopic (exact) mass is 281 g/mol. The molecule has 1 saturated heterocycles. The van der Waals surface area contributed by atoms with E-state index in [4.69, 9.17) is 0 Å². The molecule has 0 spiro atoms. The number of carbonyl (C=O) groups excluding carboxylic acids is 2. The van der Waals surface area contributed by atoms with Crippen LogP contribution in [-0.2, 0) is 9.59 Å². The normalized spacial score (nSPS) is 24.9. The zero-order valence-electron chi connectivity index (χ0n) is 12.7. The molecule has 2 atom stereocenters. The molecule has 1 saturated carbocycles. The van der Waals surface area contributed by atoms with Gasteiger partial charge in [0.2, 0.25) is 11.8 Å². The third-order valence-corrected chi connectivity index (χ3v) is 4.59. The fourth-order valence-corrected chi connectivity index (χ4v) is 3.58. The quantitative estimate of drug-likeness (QED) is 0.782. The highest BCUT2D eigenvalue weighted by atomic mass is 16.2. The smallest absolute Gasteiger partial charge is 0.245 e. The third kappa shape index (κ3) is 3.72. The van der Waals surface area contributed by atoms with Gasteiger partial charge in [-0.2, -0.15) is 0 Å². The van der Waals surface area contributed by atoms with Gasteiger partial charge < -0.3 is 15.5 Å². The summed E-state index contributed by atoms with van der Waals surface area (Å²) >= 11 is 0. The minimum absolute atomic E-state index is 0.0961. The number of nitrogens with zero attached hydrogens (tertiary/aromatic N) is 1. The largest absolute Gasteiger partial charge is 0.344 e. The summed E-state index contributed by atoms with van der Waals surface area (Å²) in [5.74, 6) is 0.909. The molecule has 0 bridgehead atoms. The van der Waals surface area contributed by atoms with E-state index < -0.39 is 0 Å². The maximum absolute atomic E-state index is 12.7. The standard InChI is InChI=1S/C15H27N3O2/c1-11(19)17-14(13-5-3-4-6-13)15(20)18-8-7-12(10-18)9-16-2/h12-14,16H,3-10H2,1-2H3,(H,17,19). The van der Waals surface area contributed by atoms with Gasteiger partial charge >= 0.3 is 0 Å². The van der Waals surface area contributed by atoms with Crippen LogP contribution in [-0.4, -0.2) is 49.4 Å². The van der Waals surface area contributed by atoms with Crippen LogP contribution in [0.2, 0.25) is 0 Å². The zero-order valence-corrected chi connectivity index (χ0v) is 12.7. The second-order valence-electron chi connectivity index (χ2n) is 6.22. The molecule has 2 rings (SSSR count). The molecule has 114 valence electrons. The lowest BCUT2D eigenvalue weighted by Crippen LogP contribution is -2.51. The first kappa shape index (κ1) is 15.3. The first-order valence-electron chi connectivity index (χ1n) is 7.82. The molecular formula is C15H27N3O2. The van der Waals surface area contributed by atoms with Crippen molar-refractivity contribution < 1.29 is 9.59 Å². The molecule has 1 aliphatic heterocycles. The van der Waals surface area contributed by atoms with Crippen LogP contribution in [0.25, 0.3) is 0 Å². The SMILES string of the molecule is CNCC1CCN(C(=O)C(NC(C)=O)C2CCCC2)C1. The van der Waals surface area contributed by atoms with Gasteiger partial charge in [0.1, 0.15) is 6.04 Å². The molecule has 2 amide bonds. The molecule has 2 aliphatic rings. The summed E-state index contributed by atoms with van der Waals surface area (Å²) in [7, 11) is 1.95. The Bertz CT molecular complexity index is 353. The van der Waals surface area contributed by atoms with Crippen LogP contribution in [0.4, 0.5) is 0 Å². The molecule has 1 heterocycles. The van der Waals surface area contributed by atoms with Crippen molar-refractivity contribution in [2.45, 2.75) is 45.1 Å². The van der Waals surface area contributed by atoms with Crippen molar-refractivity contribution in [2.24, 2.45) is 11.8 Å². The van der Waals surface area contributed by atoms with Crippen LogP contribution >= 0.6 is 0 Å². The van der Waals surface area contributed by atoms with Gasteiger partial charge in [0, 0.05) is 20.0 Å². The predicted octanol–water partition coefficient (Wildman–Crippen LogP) is 0.749. The molecule has 1 aliphatic carbocycles. The molecule has 0 radical (unpaired) electrons. The average Bonchev–Trinajstić information content (AvgIpc) is 3.06. The van der Waals surface area contributed by atoms with Crippen LogP contribution in [0, 0.1) is 11.8 Å². The Hall–Kier alpha value is -1.10. The van der Waals surface area contributed by atoms with Gasteiger partial charge in [0.05, 0.1) is 0 Å². The van der Waals surface area contributed by atoms with Crippen LogP contribution < -0.4 is 10.6 Å². The summed E-state index contributed by atoms with van der Waals surface area (Å²) < 4.78 is 0. The number of nitrogens with one attached hydrogen (secondary N) is 2. The molecule has 2 unspecified atom stereocenters. The molecule has 0 aromatic carbocycles. The van der Waals surface area contributed by atoms with Crippen molar-refractivity contribution >= 4 is 11.8 Å². The molecule has 2 fully saturated rings. The minimum atomic E-state index is -0.302. The van der Waals surface area contributed by atoms with Crippen LogP contribution in [0.1, 0.15) is 39.0 Å². The van der Waals surface area contributed by atoms with E-state index in [-0.39, 0.29) is 17.9 Å². The Labute approximate surface area is 121 Å². The van der Waals surface area contributed by atoms with E-state index in [0.717, 1.165) is 38.9 Å². The van der Waals surface area contributed by atoms with E-state index in [9.17, 15) is 9.59 Å². The summed E-state index contributed by atoms with van der Waals surface area (Å²) in [4.78, 5) is 26.1. The summed E-state index contributed by atoms with van der Waals surface area (Å²) in [5, 5.41) is 6.08. The third-order valence-electron chi connectivity index (χ3n) is 4.59. The number of likely N-dealkylation sites (tertiary alicyclic amines) is 1. The Morgan fingerprint density at radius 3 is 2.55 bits per heavy atom. The summed E-state index contributed by atoms with van der Waals surface area (Å²) in [6.07, 6.45) is 5.53. The summed E-state index contributed by atoms with van der Waals surface area (Å²) in [5.41, 5.74) is 0. The van der Waals surface area contributed by atoms with E-state index >= 15 is 0 Å². The lowest BCUT2D eigenvalue weighted by Gasteiger charge is -2.28. The van der Waals surface area contributed by atoms with Gasteiger partial charge in [-0.05, 0) is 44.7 Å². The Morgan fingerprint density at radius 2 is 1.95 bits per heavy atom. The zero-order chi connectivity index (χ0) is 14.5. The van der Waals surface area contributed by atoms with Crippen molar-refractivity contribution in [3.63, 3.8) is 0 Å². The molecule has 20 heavy (non-hydrogen) atoms. The highest BCUT2D eigenvalue weighted by Crippen LogP contribution is 2.29. The molecule has 2 N–H and O–H groups in total. The van der Waals surface area contributed by atoms with E-state index in [2.05, 4.69) is 10.6 Å². The Kier molecular flexibility index (Phi) is 5.40. The minimum Gasteiger partial charge on any atom is -0.344 e. The van der Waals surface area contributed by atoms with Crippen molar-refractivity contribution in [3.8, 4) is 0 Å². The van der Waals surface area contributed by atoms with E-state index in [1.807, 2.05) is 11.9 Å². The maximum Gasteiger partial charge on any atom is 0.245 e. The summed E-state index contributed by atoms with van der Waals surface area (Å²) in [6.45, 7) is 4.11. The number of carbonyl (C=O) groups is 2. The first-order valence-corrected chi connectivity index (χ1v) is 7.82. The van der Waals surface area contributed by atoms with Gasteiger partial charge in [-0.15, -0.1) is 0 Å². The van der Waals surface area contributed by atoms with Crippen LogP contribution in [0.5, 0.6) is 0 Å². The van der Waals surface area contributed by atoms with E-state index in [1.54, 1.807) is 0 Å². The van der Waals surface area contributed by atoms with Crippen LogP contribution in [0.3, 0.4) is 0 Å². The number of hydrogen-bond acceptors (Lipinski definition) is 3. The molecule has 0 aromatic rings. The Balaban J connectivity index is 1.97. The maximum atomic E-state index is 12.7. The number of hydrogen-bond donors (Lipinski definition) is 2. The molecule has 0 aromatic heterocycles. The fourth-order valence-electron chi connectivity index (χ4n) is 3.58. The lowest BCUT2D eigenvalue weighted by molar-refractivity contribution is -0.136. The molecule has 5 heteroatoms. The predicted molar refractivity (Wildman–Crippen MR) is 78.2 cm³/mol. The Morgan fingerprint density at radius 1 is 1.25 bits per heavy atom. The van der Waals surface area contributed by atoms with Gasteiger partial charge in [-0.25, -0.2) is 0 Å². The topological polar surface area (TPSA) is 61.4 Å². The van der Waals surface area contributed by atoms with Gasteiger partial charge in [0.25, 0.3) is 0 Å². The van der Waals surface area contributed by atoms with Crippen molar-refractivity contribution in [1.82, 2.24) is 15.5 Å². The second kappa shape index (κ2) is 7.07. The first-order chi connectivity index (χ1) is 9.61. The van der Waals surface area contributed by atoms with E-state index in [1.165, 1.54) is 19.8 Å². The number of rotatable bonds is 5. The van der Waals surface area contributed by atoms with E-state index in [0.29, 0.717) is 11.8 Å². The van der Waals surface area contributed by atoms with Crippen molar-refractivity contribution in [1.29, 1.82) is 0 Å². The average molecular weight is 281 g/mol. The van der Waals surface area contributed by atoms with Crippen molar-refractivity contribution in [3.05, 3.63) is 0 Å². The lowest BCUT2D eigenvalue weighted by atomic mass is 9.96. The highest BCUT2D eigenvalue weighted by Gasteiger charge is 2.36. The summed E-state index contributed by atoms with van der Waals surface area (Å²) in [6, 6.07) is -0.302. The highest BCUT2D eigenvalue weighted by molar-refractivity contribution is 5.87. The molecular weight excluding hydrogens is 254 g/mol. The van der Waals surface area contributed by atoms with Crippen molar-refractivity contribution in [2.75, 3.05) is 26.7 Å². The second-order valence-corrected chi connectivity index (χ2v) is 6.22. The van der Waals surface area contributed by atoms with Crippen LogP contribution in [0.15, 0.2) is 0 Å². The number of amides is 2. The van der Waals surface area contributed by atoms with Gasteiger partial charge in [-0.3, -0.25) is 9.59 Å². The van der Waals surface area contributed by atoms with Gasteiger partial charge in [0.15, 0.2) is 0 Å². The van der Waals surface area contributed by atoms with Gasteiger partial charge in [-0.1, -0.05) is 12.8 Å².